The molecule has 1 aliphatic heterocycles. The lowest BCUT2D eigenvalue weighted by Gasteiger charge is -2.40. The summed E-state index contributed by atoms with van der Waals surface area (Å²) in [5.41, 5.74) is 12.9. The van der Waals surface area contributed by atoms with E-state index in [0.717, 1.165) is 46.3 Å². The van der Waals surface area contributed by atoms with Crippen molar-refractivity contribution < 1.29 is 14.3 Å². The number of rotatable bonds is 11. The Balaban J connectivity index is 1.53. The van der Waals surface area contributed by atoms with Crippen molar-refractivity contribution in [2.75, 3.05) is 23.8 Å². The molecule has 212 valence electrons. The van der Waals surface area contributed by atoms with Crippen LogP contribution in [-0.2, 0) is 22.6 Å². The number of nitrogens with zero attached hydrogens (tertiary/aromatic N) is 1. The Bertz CT molecular complexity index is 1510. The molecule has 4 nitrogen and oxygen atoms in total. The highest BCUT2D eigenvalue weighted by Crippen LogP contribution is 2.55. The van der Waals surface area contributed by atoms with Crippen molar-refractivity contribution in [2.24, 2.45) is 0 Å². The maximum absolute atomic E-state index is 11.9. The molecule has 4 aromatic rings. The predicted octanol–water partition coefficient (Wildman–Crippen LogP) is 8.83. The van der Waals surface area contributed by atoms with Crippen LogP contribution in [0.1, 0.15) is 52.8 Å². The first-order valence-electron chi connectivity index (χ1n) is 14.3. The maximum atomic E-state index is 11.9. The number of carbonyl (C=O) groups excluding carboxylic acids is 1. The first-order valence-corrected chi connectivity index (χ1v) is 15.5. The van der Waals surface area contributed by atoms with Gasteiger partial charge in [-0.05, 0) is 72.7 Å². The van der Waals surface area contributed by atoms with Gasteiger partial charge in [-0.25, -0.2) is 0 Å². The standard InChI is InChI=1S/C36H39NO3S/c1-24-15-17-29(18-16-24)33-26(3)34-35-31(27(4)37(41-5)36(34)25(2)30(33)19-20-38)13-9-14-32(35)40-22-10-21-39-23-28-11-7-6-8-12-28/h6-9,11-18,20,27H,10,19,21-23H2,1-5H3/t27-/m1/s1. The summed E-state index contributed by atoms with van der Waals surface area (Å²) in [6, 6.07) is 25.5. The number of anilines is 1. The van der Waals surface area contributed by atoms with E-state index < -0.39 is 0 Å². The summed E-state index contributed by atoms with van der Waals surface area (Å²) in [6.45, 7) is 10.6. The maximum Gasteiger partial charge on any atom is 0.127 e. The van der Waals surface area contributed by atoms with E-state index in [4.69, 9.17) is 9.47 Å². The molecule has 0 saturated heterocycles. The van der Waals surface area contributed by atoms with E-state index in [1.807, 2.05) is 18.2 Å². The van der Waals surface area contributed by atoms with Crippen LogP contribution in [0.4, 0.5) is 5.69 Å². The van der Waals surface area contributed by atoms with Gasteiger partial charge >= 0.3 is 0 Å². The number of hydrogen-bond acceptors (Lipinski definition) is 5. The Morgan fingerprint density at radius 3 is 2.32 bits per heavy atom. The first kappa shape index (κ1) is 29.0. The molecule has 5 rings (SSSR count). The summed E-state index contributed by atoms with van der Waals surface area (Å²) in [5.74, 6) is 0.903. The molecular weight excluding hydrogens is 526 g/mol. The van der Waals surface area contributed by atoms with Crippen LogP contribution >= 0.6 is 11.9 Å². The molecule has 0 amide bonds. The lowest BCUT2D eigenvalue weighted by Crippen LogP contribution is -2.26. The molecule has 0 saturated carbocycles. The quantitative estimate of drug-likeness (QED) is 0.103. The van der Waals surface area contributed by atoms with Gasteiger partial charge in [-0.3, -0.25) is 0 Å². The van der Waals surface area contributed by atoms with Gasteiger partial charge in [0.15, 0.2) is 0 Å². The van der Waals surface area contributed by atoms with Crippen molar-refractivity contribution in [1.29, 1.82) is 0 Å². The SMILES string of the molecule is CSN1c2c(C)c(CC=O)c(-c3ccc(C)cc3)c(C)c2-c2c(OCCCOCc3ccccc3)cccc2[C@H]1C. The number of fused-ring (bicyclic) bond motifs is 3. The molecule has 0 aliphatic carbocycles. The van der Waals surface area contributed by atoms with E-state index in [-0.39, 0.29) is 6.04 Å². The van der Waals surface area contributed by atoms with Crippen LogP contribution in [-0.4, -0.2) is 25.8 Å². The molecule has 41 heavy (non-hydrogen) atoms. The third-order valence-electron chi connectivity index (χ3n) is 8.05. The summed E-state index contributed by atoms with van der Waals surface area (Å²) in [7, 11) is 0. The fraction of sp³-hybridized carbons (Fsp3) is 0.306. The summed E-state index contributed by atoms with van der Waals surface area (Å²) in [6.07, 6.45) is 4.35. The smallest absolute Gasteiger partial charge is 0.127 e. The average molecular weight is 566 g/mol. The van der Waals surface area contributed by atoms with Crippen LogP contribution in [0.2, 0.25) is 0 Å². The van der Waals surface area contributed by atoms with Crippen molar-refractivity contribution in [2.45, 2.75) is 53.2 Å². The summed E-state index contributed by atoms with van der Waals surface area (Å²) < 4.78 is 14.8. The van der Waals surface area contributed by atoms with Gasteiger partial charge in [0, 0.05) is 30.2 Å². The lowest BCUT2D eigenvalue weighted by molar-refractivity contribution is -0.107. The number of ether oxygens (including phenoxy) is 2. The zero-order valence-corrected chi connectivity index (χ0v) is 25.5. The number of aldehydes is 1. The van der Waals surface area contributed by atoms with Crippen LogP contribution in [0.15, 0.2) is 72.8 Å². The Morgan fingerprint density at radius 2 is 1.61 bits per heavy atom. The van der Waals surface area contributed by atoms with Crippen molar-refractivity contribution in [3.05, 3.63) is 106 Å². The molecule has 0 spiro atoms. The minimum absolute atomic E-state index is 0.151. The third-order valence-corrected chi connectivity index (χ3v) is 8.95. The van der Waals surface area contributed by atoms with Crippen LogP contribution in [0.3, 0.4) is 0 Å². The number of carbonyl (C=O) groups is 1. The molecule has 1 aliphatic rings. The Kier molecular flexibility index (Phi) is 9.16. The minimum atomic E-state index is 0.151. The zero-order chi connectivity index (χ0) is 28.9. The summed E-state index contributed by atoms with van der Waals surface area (Å²) in [5, 5.41) is 0. The van der Waals surface area contributed by atoms with Gasteiger partial charge in [-0.1, -0.05) is 84.2 Å². The first-order chi connectivity index (χ1) is 20.0. The highest BCUT2D eigenvalue weighted by molar-refractivity contribution is 8.00. The van der Waals surface area contributed by atoms with E-state index in [2.05, 4.69) is 92.9 Å². The highest BCUT2D eigenvalue weighted by atomic mass is 32.2. The van der Waals surface area contributed by atoms with Crippen LogP contribution in [0.25, 0.3) is 22.3 Å². The van der Waals surface area contributed by atoms with Gasteiger partial charge in [0.2, 0.25) is 0 Å². The van der Waals surface area contributed by atoms with Gasteiger partial charge < -0.3 is 18.6 Å². The molecular formula is C36H39NO3S. The zero-order valence-electron chi connectivity index (χ0n) is 24.7. The number of aryl methyl sites for hydroxylation is 1. The van der Waals surface area contributed by atoms with Crippen LogP contribution in [0.5, 0.6) is 5.75 Å². The summed E-state index contributed by atoms with van der Waals surface area (Å²) >= 11 is 1.73. The second-order valence-corrected chi connectivity index (χ2v) is 11.5. The van der Waals surface area contributed by atoms with E-state index in [1.54, 1.807) is 11.9 Å². The molecule has 5 heteroatoms. The number of hydrogen-bond donors (Lipinski definition) is 0. The molecule has 0 N–H and O–H groups in total. The lowest BCUT2D eigenvalue weighted by atomic mass is 9.79. The van der Waals surface area contributed by atoms with E-state index in [9.17, 15) is 4.79 Å². The average Bonchev–Trinajstić information content (AvgIpc) is 2.99. The highest BCUT2D eigenvalue weighted by Gasteiger charge is 2.35. The molecule has 1 heterocycles. The Labute approximate surface area is 248 Å². The van der Waals surface area contributed by atoms with E-state index in [0.29, 0.717) is 26.2 Å². The monoisotopic (exact) mass is 565 g/mol. The fourth-order valence-corrected chi connectivity index (χ4v) is 6.88. The second-order valence-electron chi connectivity index (χ2n) is 10.7. The van der Waals surface area contributed by atoms with E-state index >= 15 is 0 Å². The molecule has 0 fully saturated rings. The van der Waals surface area contributed by atoms with E-state index in [1.165, 1.54) is 33.5 Å². The fourth-order valence-electron chi connectivity index (χ4n) is 6.04. The normalized spacial score (nSPS) is 14.0. The van der Waals surface area contributed by atoms with Crippen LogP contribution in [0, 0.1) is 20.8 Å². The second kappa shape index (κ2) is 13.0. The predicted molar refractivity (Wildman–Crippen MR) is 172 cm³/mol. The summed E-state index contributed by atoms with van der Waals surface area (Å²) in [4.78, 5) is 11.9. The molecule has 1 atom stereocenters. The number of benzene rings is 4. The van der Waals surface area contributed by atoms with Gasteiger partial charge in [0.05, 0.1) is 31.5 Å². The largest absolute Gasteiger partial charge is 0.493 e. The van der Waals surface area contributed by atoms with Gasteiger partial charge in [0.25, 0.3) is 0 Å². The molecule has 0 radical (unpaired) electrons. The van der Waals surface area contributed by atoms with Crippen molar-refractivity contribution in [1.82, 2.24) is 0 Å². The van der Waals surface area contributed by atoms with Gasteiger partial charge in [-0.15, -0.1) is 0 Å². The van der Waals surface area contributed by atoms with Crippen molar-refractivity contribution in [3.63, 3.8) is 0 Å². The molecule has 4 aromatic carbocycles. The third kappa shape index (κ3) is 5.79. The minimum Gasteiger partial charge on any atom is -0.493 e. The van der Waals surface area contributed by atoms with Gasteiger partial charge in [0.1, 0.15) is 12.0 Å². The molecule has 0 unspecified atom stereocenters. The molecule has 0 aromatic heterocycles. The van der Waals surface area contributed by atoms with Crippen molar-refractivity contribution in [3.8, 4) is 28.0 Å². The Morgan fingerprint density at radius 1 is 0.854 bits per heavy atom. The molecule has 0 bridgehead atoms. The van der Waals surface area contributed by atoms with Crippen LogP contribution < -0.4 is 9.04 Å². The Hall–Kier alpha value is -3.54. The topological polar surface area (TPSA) is 38.8 Å². The van der Waals surface area contributed by atoms with Gasteiger partial charge in [-0.2, -0.15) is 0 Å². The van der Waals surface area contributed by atoms with Crippen molar-refractivity contribution >= 4 is 23.9 Å².